The van der Waals surface area contributed by atoms with Crippen LogP contribution in [0.2, 0.25) is 0 Å². The first-order valence-electron chi connectivity index (χ1n) is 15.7. The number of guanidine groups is 2. The van der Waals surface area contributed by atoms with Crippen LogP contribution in [0.5, 0.6) is 0 Å². The molecule has 2 rings (SSSR count). The fourth-order valence-corrected chi connectivity index (χ4v) is 4.44. The Kier molecular flexibility index (Phi) is 22.6. The number of ketones is 2. The Bertz CT molecular complexity index is 1410. The van der Waals surface area contributed by atoms with Crippen LogP contribution in [0.1, 0.15) is 49.7 Å². The van der Waals surface area contributed by atoms with Crippen molar-refractivity contribution in [2.24, 2.45) is 56.2 Å². The lowest BCUT2D eigenvalue weighted by atomic mass is 9.91. The Labute approximate surface area is 296 Å². The van der Waals surface area contributed by atoms with E-state index < -0.39 is 46.3 Å². The van der Waals surface area contributed by atoms with E-state index in [0.29, 0.717) is 51.6 Å². The molecule has 0 radical (unpaired) electrons. The maximum Gasteiger partial charge on any atom is 0.394 e. The van der Waals surface area contributed by atoms with Crippen LogP contribution in [0.4, 0.5) is 0 Å². The lowest BCUT2D eigenvalue weighted by Gasteiger charge is -2.15. The normalized spacial score (nSPS) is 12.9. The van der Waals surface area contributed by atoms with E-state index in [2.05, 4.69) is 9.98 Å². The molecule has 0 aromatic heterocycles. The zero-order valence-electron chi connectivity index (χ0n) is 28.2. The van der Waals surface area contributed by atoms with Crippen molar-refractivity contribution in [3.63, 3.8) is 0 Å². The second kappa shape index (κ2) is 25.1. The molecule has 51 heavy (non-hydrogen) atoms. The first kappa shape index (κ1) is 46.0. The molecular weight excluding hydrogens is 688 g/mol. The van der Waals surface area contributed by atoms with Gasteiger partial charge in [0, 0.05) is 25.9 Å². The Balaban J connectivity index is 0.000000865. The zero-order valence-corrected chi connectivity index (χ0v) is 29.0. The minimum Gasteiger partial charge on any atom is -0.481 e. The number of rotatable bonds is 20. The molecule has 19 heteroatoms. The summed E-state index contributed by atoms with van der Waals surface area (Å²) < 4.78 is 31.6. The molecule has 2 aromatic rings. The summed E-state index contributed by atoms with van der Waals surface area (Å²) in [5, 5.41) is 18.6. The Morgan fingerprint density at radius 1 is 0.608 bits per heavy atom. The zero-order chi connectivity index (χ0) is 39.0. The van der Waals surface area contributed by atoms with Gasteiger partial charge in [0.1, 0.15) is 11.6 Å². The molecular formula is C32H50N8O10S. The molecule has 0 saturated carbocycles. The fraction of sp³-hybridized carbons (Fsp3) is 0.438. The van der Waals surface area contributed by atoms with Gasteiger partial charge in [-0.3, -0.25) is 38.3 Å². The van der Waals surface area contributed by atoms with Crippen molar-refractivity contribution in [1.29, 1.82) is 0 Å². The first-order chi connectivity index (χ1) is 23.8. The summed E-state index contributed by atoms with van der Waals surface area (Å²) in [6, 6.07) is 17.1. The summed E-state index contributed by atoms with van der Waals surface area (Å²) in [5.41, 5.74) is 34.2. The second-order valence-corrected chi connectivity index (χ2v) is 12.2. The molecule has 0 fully saturated rings. The maximum atomic E-state index is 12.1. The number of Topliss-reactive ketones (excluding diaryl/α,β-unsaturated/α-hetero) is 2. The van der Waals surface area contributed by atoms with E-state index in [9.17, 15) is 29.4 Å². The van der Waals surface area contributed by atoms with Gasteiger partial charge in [0.15, 0.2) is 11.9 Å². The molecule has 2 aromatic carbocycles. The van der Waals surface area contributed by atoms with E-state index in [1.165, 1.54) is 0 Å². The summed E-state index contributed by atoms with van der Waals surface area (Å²) >= 11 is 0. The summed E-state index contributed by atoms with van der Waals surface area (Å²) in [7, 11) is -4.67. The van der Waals surface area contributed by atoms with Crippen molar-refractivity contribution in [3.05, 3.63) is 71.8 Å². The summed E-state index contributed by atoms with van der Waals surface area (Å²) in [6.45, 7) is 0.797. The third-order valence-corrected chi connectivity index (χ3v) is 7.01. The first-order valence-corrected chi connectivity index (χ1v) is 17.1. The number of benzene rings is 2. The molecule has 0 bridgehead atoms. The van der Waals surface area contributed by atoms with E-state index in [4.69, 9.17) is 51.9 Å². The molecule has 18 nitrogen and oxygen atoms in total. The van der Waals surface area contributed by atoms with Crippen molar-refractivity contribution in [2.45, 2.75) is 63.5 Å². The minimum absolute atomic E-state index is 0.00120. The summed E-state index contributed by atoms with van der Waals surface area (Å²) in [4.78, 5) is 54.5. The number of hydrogen-bond donors (Lipinski definition) is 10. The lowest BCUT2D eigenvalue weighted by Crippen LogP contribution is -2.34. The monoisotopic (exact) mass is 738 g/mol. The van der Waals surface area contributed by atoms with Gasteiger partial charge in [-0.05, 0) is 49.7 Å². The number of carbonyl (C=O) groups is 4. The Morgan fingerprint density at radius 3 is 1.16 bits per heavy atom. The highest BCUT2D eigenvalue weighted by Crippen LogP contribution is 2.16. The maximum absolute atomic E-state index is 12.1. The molecule has 0 amide bonds. The molecule has 16 N–H and O–H groups in total. The number of carboxylic acids is 2. The minimum atomic E-state index is -4.67. The van der Waals surface area contributed by atoms with E-state index in [0.717, 1.165) is 11.1 Å². The molecule has 0 aliphatic heterocycles. The van der Waals surface area contributed by atoms with Crippen LogP contribution >= 0.6 is 0 Å². The number of aliphatic carboxylic acids is 2. The number of nitrogens with zero attached hydrogens (tertiary/aromatic N) is 2. The average Bonchev–Trinajstić information content (AvgIpc) is 3.04. The predicted octanol–water partition coefficient (Wildman–Crippen LogP) is -0.113. The molecule has 284 valence electrons. The molecule has 0 aliphatic carbocycles. The quantitative estimate of drug-likeness (QED) is 0.0366. The van der Waals surface area contributed by atoms with Gasteiger partial charge < -0.3 is 44.6 Å². The number of carbonyl (C=O) groups excluding carboxylic acids is 2. The highest BCUT2D eigenvalue weighted by atomic mass is 32.3. The van der Waals surface area contributed by atoms with Gasteiger partial charge in [-0.1, -0.05) is 60.7 Å². The summed E-state index contributed by atoms with van der Waals surface area (Å²) in [5.74, 6) is -4.03. The number of carboxylic acid groups (broad SMARTS) is 2. The van der Waals surface area contributed by atoms with Crippen molar-refractivity contribution >= 4 is 45.8 Å². The molecule has 0 spiro atoms. The standard InChI is InChI=1S/2C16H24N4O3.H2O4S/c2*17-13(7-4-8-20-16(18)19)14(21)10-12(15(22)23)9-11-5-2-1-3-6-11;1-5(2,3)4/h2*1-3,5-6,12-13H,4,7-10,17H2,(H,22,23)(H4,18,19,20);(H2,1,2,3,4). The van der Waals surface area contributed by atoms with E-state index in [1.54, 1.807) is 0 Å². The Hall–Kier alpha value is -4.95. The van der Waals surface area contributed by atoms with Gasteiger partial charge in [-0.15, -0.1) is 0 Å². The number of hydrogen-bond acceptors (Lipinski definition) is 10. The SMILES string of the molecule is NC(N)=NCCCC(N)C(=O)CC(Cc1ccccc1)C(=O)O.NC(N)=NCCCC(N)C(=O)CC(Cc1ccccc1)C(=O)O.O=S(=O)(O)O. The molecule has 0 saturated heterocycles. The van der Waals surface area contributed by atoms with Crippen molar-refractivity contribution in [1.82, 2.24) is 0 Å². The molecule has 4 unspecified atom stereocenters. The van der Waals surface area contributed by atoms with Gasteiger partial charge in [0.05, 0.1) is 23.9 Å². The van der Waals surface area contributed by atoms with Crippen LogP contribution in [0.25, 0.3) is 0 Å². The third kappa shape index (κ3) is 25.7. The molecule has 4 atom stereocenters. The van der Waals surface area contributed by atoms with Crippen molar-refractivity contribution in [3.8, 4) is 0 Å². The summed E-state index contributed by atoms with van der Waals surface area (Å²) in [6.07, 6.45) is 2.45. The van der Waals surface area contributed by atoms with Crippen LogP contribution in [0.3, 0.4) is 0 Å². The smallest absolute Gasteiger partial charge is 0.394 e. The molecule has 0 heterocycles. The second-order valence-electron chi connectivity index (χ2n) is 11.3. The van der Waals surface area contributed by atoms with Crippen LogP contribution in [0, 0.1) is 11.8 Å². The topological polar surface area (TPSA) is 364 Å². The van der Waals surface area contributed by atoms with Crippen LogP contribution in [-0.2, 0) is 42.4 Å². The van der Waals surface area contributed by atoms with Crippen LogP contribution in [-0.4, -0.2) is 88.3 Å². The van der Waals surface area contributed by atoms with Gasteiger partial charge >= 0.3 is 22.3 Å². The van der Waals surface area contributed by atoms with Crippen molar-refractivity contribution < 1.29 is 46.9 Å². The van der Waals surface area contributed by atoms with Gasteiger partial charge in [0.2, 0.25) is 0 Å². The van der Waals surface area contributed by atoms with Gasteiger partial charge in [-0.25, -0.2) is 0 Å². The van der Waals surface area contributed by atoms with E-state index in [1.807, 2.05) is 60.7 Å². The van der Waals surface area contributed by atoms with Crippen LogP contribution in [0.15, 0.2) is 70.6 Å². The highest BCUT2D eigenvalue weighted by molar-refractivity contribution is 7.79. The van der Waals surface area contributed by atoms with E-state index >= 15 is 0 Å². The lowest BCUT2D eigenvalue weighted by molar-refractivity contribution is -0.144. The average molecular weight is 739 g/mol. The third-order valence-electron chi connectivity index (χ3n) is 7.01. The fourth-order valence-electron chi connectivity index (χ4n) is 4.44. The largest absolute Gasteiger partial charge is 0.481 e. The molecule has 0 aliphatic rings. The van der Waals surface area contributed by atoms with Gasteiger partial charge in [0.25, 0.3) is 0 Å². The van der Waals surface area contributed by atoms with Crippen LogP contribution < -0.4 is 34.4 Å². The Morgan fingerprint density at radius 2 is 0.902 bits per heavy atom. The number of nitrogens with two attached hydrogens (primary N) is 6. The van der Waals surface area contributed by atoms with Crippen molar-refractivity contribution in [2.75, 3.05) is 13.1 Å². The predicted molar refractivity (Wildman–Crippen MR) is 192 cm³/mol. The number of aliphatic imine (C=N–C) groups is 2. The highest BCUT2D eigenvalue weighted by Gasteiger charge is 2.25. The van der Waals surface area contributed by atoms with E-state index in [-0.39, 0.29) is 36.3 Å². The van der Waals surface area contributed by atoms with Gasteiger partial charge in [-0.2, -0.15) is 8.42 Å².